The first-order chi connectivity index (χ1) is 13.3. The minimum absolute atomic E-state index is 0.0325. The SMILES string of the molecule is O/N=C1\CCN(c2ccc(C(=Nc3cccc(Cl)c3)NO)cc2C(F)(F)F)C1. The molecule has 3 rings (SSSR count). The normalized spacial score (nSPS) is 16.7. The summed E-state index contributed by atoms with van der Waals surface area (Å²) in [5.74, 6) is -0.154. The first-order valence-electron chi connectivity index (χ1n) is 8.22. The summed E-state index contributed by atoms with van der Waals surface area (Å²) in [5, 5.41) is 21.7. The molecule has 0 atom stereocenters. The van der Waals surface area contributed by atoms with Gasteiger partial charge in [-0.15, -0.1) is 0 Å². The van der Waals surface area contributed by atoms with Gasteiger partial charge in [0.1, 0.15) is 0 Å². The fraction of sp³-hybridized carbons (Fsp3) is 0.222. The Hall–Kier alpha value is -2.78. The van der Waals surface area contributed by atoms with Crippen molar-refractivity contribution in [2.75, 3.05) is 18.0 Å². The fourth-order valence-corrected chi connectivity index (χ4v) is 3.13. The zero-order valence-corrected chi connectivity index (χ0v) is 15.2. The molecule has 0 aromatic heterocycles. The average molecular weight is 413 g/mol. The molecule has 0 radical (unpaired) electrons. The van der Waals surface area contributed by atoms with Crippen LogP contribution in [0.4, 0.5) is 24.5 Å². The molecule has 28 heavy (non-hydrogen) atoms. The lowest BCUT2D eigenvalue weighted by Gasteiger charge is -2.23. The van der Waals surface area contributed by atoms with Gasteiger partial charge in [-0.1, -0.05) is 22.8 Å². The molecule has 1 aliphatic heterocycles. The lowest BCUT2D eigenvalue weighted by molar-refractivity contribution is -0.137. The Bertz CT molecular complexity index is 931. The van der Waals surface area contributed by atoms with Crippen LogP contribution in [0.15, 0.2) is 52.6 Å². The number of hydrogen-bond acceptors (Lipinski definition) is 5. The molecule has 0 spiro atoms. The van der Waals surface area contributed by atoms with Gasteiger partial charge in [-0.2, -0.15) is 13.2 Å². The average Bonchev–Trinajstić information content (AvgIpc) is 3.14. The minimum atomic E-state index is -4.62. The van der Waals surface area contributed by atoms with Gasteiger partial charge in [0.25, 0.3) is 0 Å². The first kappa shape index (κ1) is 20.0. The van der Waals surface area contributed by atoms with Gasteiger partial charge < -0.3 is 10.1 Å². The van der Waals surface area contributed by atoms with Crippen molar-refractivity contribution in [2.45, 2.75) is 12.6 Å². The van der Waals surface area contributed by atoms with Crippen LogP contribution in [0.1, 0.15) is 17.5 Å². The zero-order chi connectivity index (χ0) is 20.3. The number of nitrogens with one attached hydrogen (secondary N) is 1. The smallest absolute Gasteiger partial charge is 0.411 e. The monoisotopic (exact) mass is 412 g/mol. The summed E-state index contributed by atoms with van der Waals surface area (Å²) >= 11 is 5.89. The number of anilines is 1. The molecule has 3 N–H and O–H groups in total. The van der Waals surface area contributed by atoms with E-state index in [9.17, 15) is 18.4 Å². The Morgan fingerprint density at radius 2 is 1.96 bits per heavy atom. The van der Waals surface area contributed by atoms with Crippen molar-refractivity contribution in [1.82, 2.24) is 5.48 Å². The third kappa shape index (κ3) is 4.37. The summed E-state index contributed by atoms with van der Waals surface area (Å²) in [5.41, 5.74) is 1.76. The molecule has 2 aromatic carbocycles. The molecule has 0 aliphatic carbocycles. The van der Waals surface area contributed by atoms with E-state index < -0.39 is 11.7 Å². The molecular formula is C18H16ClF3N4O2. The van der Waals surface area contributed by atoms with Crippen molar-refractivity contribution >= 4 is 34.5 Å². The predicted octanol–water partition coefficient (Wildman–Crippen LogP) is 4.46. The van der Waals surface area contributed by atoms with Crippen LogP contribution in [-0.2, 0) is 6.18 Å². The van der Waals surface area contributed by atoms with Gasteiger partial charge in [0.05, 0.1) is 23.5 Å². The second kappa shape index (κ2) is 8.07. The van der Waals surface area contributed by atoms with E-state index in [4.69, 9.17) is 16.8 Å². The van der Waals surface area contributed by atoms with E-state index in [2.05, 4.69) is 10.1 Å². The van der Waals surface area contributed by atoms with Crippen molar-refractivity contribution in [3.05, 3.63) is 58.6 Å². The number of alkyl halides is 3. The number of benzene rings is 2. The molecule has 1 saturated heterocycles. The summed E-state index contributed by atoms with van der Waals surface area (Å²) in [4.78, 5) is 5.61. The van der Waals surface area contributed by atoms with Gasteiger partial charge in [0, 0.05) is 29.2 Å². The van der Waals surface area contributed by atoms with E-state index in [-0.39, 0.29) is 23.6 Å². The maximum Gasteiger partial charge on any atom is 0.418 e. The van der Waals surface area contributed by atoms with Crippen LogP contribution in [0.2, 0.25) is 5.02 Å². The minimum Gasteiger partial charge on any atom is -0.411 e. The van der Waals surface area contributed by atoms with Crippen molar-refractivity contribution in [3.63, 3.8) is 0 Å². The number of halogens is 4. The lowest BCUT2D eigenvalue weighted by Crippen LogP contribution is -2.25. The Balaban J connectivity index is 2.02. The molecule has 6 nitrogen and oxygen atoms in total. The molecule has 10 heteroatoms. The van der Waals surface area contributed by atoms with E-state index in [1.165, 1.54) is 23.1 Å². The Morgan fingerprint density at radius 3 is 2.57 bits per heavy atom. The van der Waals surface area contributed by atoms with Gasteiger partial charge in [0.2, 0.25) is 0 Å². The molecule has 148 valence electrons. The number of hydrogen-bond donors (Lipinski definition) is 3. The highest BCUT2D eigenvalue weighted by Gasteiger charge is 2.36. The van der Waals surface area contributed by atoms with E-state index in [1.54, 1.807) is 18.2 Å². The molecule has 1 fully saturated rings. The number of oxime groups is 1. The van der Waals surface area contributed by atoms with Gasteiger partial charge in [-0.05, 0) is 36.4 Å². The van der Waals surface area contributed by atoms with Crippen LogP contribution < -0.4 is 10.4 Å². The highest BCUT2D eigenvalue weighted by atomic mass is 35.5. The van der Waals surface area contributed by atoms with Crippen LogP contribution in [-0.4, -0.2) is 35.1 Å². The fourth-order valence-electron chi connectivity index (χ4n) is 2.94. The van der Waals surface area contributed by atoms with Gasteiger partial charge >= 0.3 is 6.18 Å². The van der Waals surface area contributed by atoms with E-state index in [1.807, 2.05) is 5.48 Å². The van der Waals surface area contributed by atoms with E-state index in [0.29, 0.717) is 29.4 Å². The Kier molecular flexibility index (Phi) is 5.76. The molecule has 0 amide bonds. The van der Waals surface area contributed by atoms with Gasteiger partial charge in [-0.3, -0.25) is 10.7 Å². The summed E-state index contributed by atoms with van der Waals surface area (Å²) in [7, 11) is 0. The standard InChI is InChI=1S/C18H16ClF3N4O2/c19-12-2-1-3-13(9-12)23-17(25-28)11-4-5-16(15(8-11)18(20,21)22)26-7-6-14(10-26)24-27/h1-5,8-9,27-28H,6-7,10H2,(H,23,25)/b24-14+. The van der Waals surface area contributed by atoms with Crippen LogP contribution in [0.5, 0.6) is 0 Å². The third-order valence-corrected chi connectivity index (χ3v) is 4.49. The zero-order valence-electron chi connectivity index (χ0n) is 14.4. The molecule has 1 heterocycles. The number of nitrogens with zero attached hydrogens (tertiary/aromatic N) is 3. The van der Waals surface area contributed by atoms with Crippen molar-refractivity contribution in [1.29, 1.82) is 0 Å². The quantitative estimate of drug-likeness (QED) is 0.301. The lowest BCUT2D eigenvalue weighted by atomic mass is 10.1. The van der Waals surface area contributed by atoms with Crippen molar-refractivity contribution in [3.8, 4) is 0 Å². The number of amidine groups is 1. The predicted molar refractivity (Wildman–Crippen MR) is 100 cm³/mol. The molecule has 1 aliphatic rings. The maximum absolute atomic E-state index is 13.7. The van der Waals surface area contributed by atoms with Crippen LogP contribution in [0.25, 0.3) is 0 Å². The van der Waals surface area contributed by atoms with Crippen LogP contribution >= 0.6 is 11.6 Å². The van der Waals surface area contributed by atoms with Gasteiger partial charge in [0.15, 0.2) is 5.84 Å². The van der Waals surface area contributed by atoms with E-state index in [0.717, 1.165) is 6.07 Å². The largest absolute Gasteiger partial charge is 0.418 e. The molecule has 2 aromatic rings. The number of hydroxylamine groups is 1. The summed E-state index contributed by atoms with van der Waals surface area (Å²) in [6, 6.07) is 10.0. The van der Waals surface area contributed by atoms with Gasteiger partial charge in [-0.25, -0.2) is 4.99 Å². The summed E-state index contributed by atoms with van der Waals surface area (Å²) < 4.78 is 41.0. The van der Waals surface area contributed by atoms with E-state index >= 15 is 0 Å². The Labute approximate surface area is 163 Å². The molecule has 0 unspecified atom stereocenters. The maximum atomic E-state index is 13.7. The number of rotatable bonds is 3. The molecule has 0 saturated carbocycles. The second-order valence-electron chi connectivity index (χ2n) is 6.12. The van der Waals surface area contributed by atoms with Crippen LogP contribution in [0, 0.1) is 0 Å². The molecular weight excluding hydrogens is 397 g/mol. The summed E-state index contributed by atoms with van der Waals surface area (Å²) in [6.07, 6.45) is -4.24. The number of aliphatic imine (C=N–C) groups is 1. The van der Waals surface area contributed by atoms with Crippen molar-refractivity contribution in [2.24, 2.45) is 10.1 Å². The first-order valence-corrected chi connectivity index (χ1v) is 8.60. The highest BCUT2D eigenvalue weighted by Crippen LogP contribution is 2.38. The van der Waals surface area contributed by atoms with Crippen LogP contribution in [0.3, 0.4) is 0 Å². The summed E-state index contributed by atoms with van der Waals surface area (Å²) in [6.45, 7) is 0.421. The highest BCUT2D eigenvalue weighted by molar-refractivity contribution is 6.30. The topological polar surface area (TPSA) is 80.5 Å². The Morgan fingerprint density at radius 1 is 1.18 bits per heavy atom. The van der Waals surface area contributed by atoms with Crippen molar-refractivity contribution < 1.29 is 23.6 Å². The molecule has 0 bridgehead atoms. The second-order valence-corrected chi connectivity index (χ2v) is 6.56. The third-order valence-electron chi connectivity index (χ3n) is 4.26.